The molecule has 0 fully saturated rings. The number of nitrogens with one attached hydrogen (secondary N) is 1. The molecule has 0 aliphatic carbocycles. The van der Waals surface area contributed by atoms with Gasteiger partial charge in [0.25, 0.3) is 0 Å². The molecule has 0 saturated carbocycles. The molecule has 0 aliphatic heterocycles. The number of hydrogen-bond donors (Lipinski definition) is 2. The fraction of sp³-hybridized carbons (Fsp3) is 0.833. The molecule has 0 aliphatic rings. The molecule has 0 bridgehead atoms. The molecular weight excluding hydrogens is 218 g/mol. The standard InChI is InChI=1S/C12H25N3O2/c1-7(2)9(14-5)12(17)15(6)10(8(3)4)11(13)16/h7-10,14H,1-6H3,(H2,13,16)/t9-,10-/m0/s1. The molecule has 0 radical (unpaired) electrons. The molecule has 100 valence electrons. The van der Waals surface area contributed by atoms with Crippen LogP contribution in [0.25, 0.3) is 0 Å². The van der Waals surface area contributed by atoms with Gasteiger partial charge in [0.2, 0.25) is 11.8 Å². The Morgan fingerprint density at radius 2 is 1.59 bits per heavy atom. The quantitative estimate of drug-likeness (QED) is 0.699. The molecule has 0 rings (SSSR count). The van der Waals surface area contributed by atoms with Crippen LogP contribution >= 0.6 is 0 Å². The first-order chi connectivity index (χ1) is 7.73. The zero-order chi connectivity index (χ0) is 13.7. The second kappa shape index (κ2) is 6.59. The van der Waals surface area contributed by atoms with E-state index in [0.717, 1.165) is 0 Å². The van der Waals surface area contributed by atoms with Gasteiger partial charge >= 0.3 is 0 Å². The Kier molecular flexibility index (Phi) is 6.16. The van der Waals surface area contributed by atoms with Crippen molar-refractivity contribution in [3.05, 3.63) is 0 Å². The van der Waals surface area contributed by atoms with Crippen LogP contribution in [0.1, 0.15) is 27.7 Å². The van der Waals surface area contributed by atoms with E-state index in [4.69, 9.17) is 5.73 Å². The minimum absolute atomic E-state index is 0.00567. The molecular formula is C12H25N3O2. The average molecular weight is 243 g/mol. The Morgan fingerprint density at radius 1 is 1.12 bits per heavy atom. The highest BCUT2D eigenvalue weighted by molar-refractivity contribution is 5.89. The van der Waals surface area contributed by atoms with Gasteiger partial charge in [-0.1, -0.05) is 27.7 Å². The maximum absolute atomic E-state index is 12.2. The number of carbonyl (C=O) groups is 2. The summed E-state index contributed by atoms with van der Waals surface area (Å²) in [4.78, 5) is 25.0. The van der Waals surface area contributed by atoms with Gasteiger partial charge < -0.3 is 16.0 Å². The third-order valence-corrected chi connectivity index (χ3v) is 2.93. The number of likely N-dealkylation sites (N-methyl/N-ethyl adjacent to an activating group) is 2. The first kappa shape index (κ1) is 15.9. The minimum atomic E-state index is -0.558. The van der Waals surface area contributed by atoms with Crippen molar-refractivity contribution in [1.82, 2.24) is 10.2 Å². The van der Waals surface area contributed by atoms with Crippen molar-refractivity contribution in [3.63, 3.8) is 0 Å². The Morgan fingerprint density at radius 3 is 1.82 bits per heavy atom. The molecule has 5 nitrogen and oxygen atoms in total. The van der Waals surface area contributed by atoms with Gasteiger partial charge in [0.1, 0.15) is 6.04 Å². The summed E-state index contributed by atoms with van der Waals surface area (Å²) in [6.45, 7) is 7.68. The van der Waals surface area contributed by atoms with Crippen LogP contribution in [0.5, 0.6) is 0 Å². The van der Waals surface area contributed by atoms with E-state index in [9.17, 15) is 9.59 Å². The van der Waals surface area contributed by atoms with Crippen LogP contribution in [0.4, 0.5) is 0 Å². The van der Waals surface area contributed by atoms with Crippen LogP contribution in [0.3, 0.4) is 0 Å². The Hall–Kier alpha value is -1.10. The normalized spacial score (nSPS) is 14.8. The molecule has 0 saturated heterocycles. The first-order valence-corrected chi connectivity index (χ1v) is 5.97. The summed E-state index contributed by atoms with van der Waals surface area (Å²) in [5, 5.41) is 2.97. The zero-order valence-electron chi connectivity index (χ0n) is 11.7. The van der Waals surface area contributed by atoms with E-state index in [1.54, 1.807) is 14.1 Å². The predicted molar refractivity (Wildman–Crippen MR) is 68.3 cm³/mol. The number of amides is 2. The van der Waals surface area contributed by atoms with Crippen molar-refractivity contribution >= 4 is 11.8 Å². The van der Waals surface area contributed by atoms with E-state index in [0.29, 0.717) is 0 Å². The number of carbonyl (C=O) groups excluding carboxylic acids is 2. The molecule has 0 aromatic carbocycles. The van der Waals surface area contributed by atoms with Crippen molar-refractivity contribution in [2.75, 3.05) is 14.1 Å². The van der Waals surface area contributed by atoms with Crippen molar-refractivity contribution in [1.29, 1.82) is 0 Å². The lowest BCUT2D eigenvalue weighted by Gasteiger charge is -2.32. The Labute approximate surface area is 104 Å². The summed E-state index contributed by atoms with van der Waals surface area (Å²) < 4.78 is 0. The van der Waals surface area contributed by atoms with E-state index >= 15 is 0 Å². The van der Waals surface area contributed by atoms with Gasteiger partial charge in [-0.15, -0.1) is 0 Å². The number of hydrogen-bond acceptors (Lipinski definition) is 3. The second-order valence-corrected chi connectivity index (χ2v) is 5.05. The van der Waals surface area contributed by atoms with Crippen molar-refractivity contribution in [2.45, 2.75) is 39.8 Å². The van der Waals surface area contributed by atoms with Gasteiger partial charge in [0.15, 0.2) is 0 Å². The molecule has 0 spiro atoms. The smallest absolute Gasteiger partial charge is 0.240 e. The summed E-state index contributed by atoms with van der Waals surface area (Å²) in [6, 6.07) is -0.849. The van der Waals surface area contributed by atoms with Gasteiger partial charge in [0.05, 0.1) is 6.04 Å². The summed E-state index contributed by atoms with van der Waals surface area (Å²) in [5.74, 6) is -0.392. The Balaban J connectivity index is 4.94. The van der Waals surface area contributed by atoms with Crippen molar-refractivity contribution in [2.24, 2.45) is 17.6 Å². The van der Waals surface area contributed by atoms with Gasteiger partial charge in [-0.25, -0.2) is 0 Å². The molecule has 0 heterocycles. The topological polar surface area (TPSA) is 75.4 Å². The maximum Gasteiger partial charge on any atom is 0.240 e. The Bertz CT molecular complexity index is 277. The number of primary amides is 1. The number of rotatable bonds is 6. The van der Waals surface area contributed by atoms with Crippen LogP contribution in [0, 0.1) is 11.8 Å². The van der Waals surface area contributed by atoms with Gasteiger partial charge in [-0.2, -0.15) is 0 Å². The lowest BCUT2D eigenvalue weighted by atomic mass is 9.98. The lowest BCUT2D eigenvalue weighted by molar-refractivity contribution is -0.141. The predicted octanol–water partition coefficient (Wildman–Crippen LogP) is 0.199. The van der Waals surface area contributed by atoms with Crippen LogP contribution in [-0.4, -0.2) is 42.9 Å². The van der Waals surface area contributed by atoms with Gasteiger partial charge in [-0.3, -0.25) is 9.59 Å². The van der Waals surface area contributed by atoms with Crippen LogP contribution < -0.4 is 11.1 Å². The third kappa shape index (κ3) is 4.00. The molecule has 2 amide bonds. The zero-order valence-corrected chi connectivity index (χ0v) is 11.7. The molecule has 0 unspecified atom stereocenters. The van der Waals surface area contributed by atoms with Gasteiger partial charge in [0, 0.05) is 7.05 Å². The molecule has 2 atom stereocenters. The highest BCUT2D eigenvalue weighted by Gasteiger charge is 2.32. The number of nitrogens with two attached hydrogens (primary N) is 1. The van der Waals surface area contributed by atoms with Crippen molar-refractivity contribution < 1.29 is 9.59 Å². The largest absolute Gasteiger partial charge is 0.368 e. The molecule has 3 N–H and O–H groups in total. The summed E-state index contributed by atoms with van der Waals surface area (Å²) in [5.41, 5.74) is 5.34. The SMILES string of the molecule is CN[C@H](C(=O)N(C)[C@H](C(N)=O)C(C)C)C(C)C. The van der Waals surface area contributed by atoms with Crippen LogP contribution in [0.2, 0.25) is 0 Å². The van der Waals surface area contributed by atoms with Crippen LogP contribution in [-0.2, 0) is 9.59 Å². The molecule has 5 heteroatoms. The monoisotopic (exact) mass is 243 g/mol. The minimum Gasteiger partial charge on any atom is -0.368 e. The third-order valence-electron chi connectivity index (χ3n) is 2.93. The van der Waals surface area contributed by atoms with E-state index in [1.165, 1.54) is 4.90 Å². The maximum atomic E-state index is 12.2. The molecule has 0 aromatic rings. The van der Waals surface area contributed by atoms with Gasteiger partial charge in [-0.05, 0) is 18.9 Å². The molecule has 0 aromatic heterocycles. The highest BCUT2D eigenvalue weighted by atomic mass is 16.2. The van der Waals surface area contributed by atoms with E-state index in [-0.39, 0.29) is 23.8 Å². The number of nitrogens with zero attached hydrogens (tertiary/aromatic N) is 1. The summed E-state index contributed by atoms with van der Waals surface area (Å²) >= 11 is 0. The van der Waals surface area contributed by atoms with Crippen LogP contribution in [0.15, 0.2) is 0 Å². The van der Waals surface area contributed by atoms with E-state index in [1.807, 2.05) is 27.7 Å². The second-order valence-electron chi connectivity index (χ2n) is 5.05. The lowest BCUT2D eigenvalue weighted by Crippen LogP contribution is -2.55. The van der Waals surface area contributed by atoms with E-state index in [2.05, 4.69) is 5.32 Å². The average Bonchev–Trinajstić information content (AvgIpc) is 2.16. The summed E-state index contributed by atoms with van der Waals surface area (Å²) in [6.07, 6.45) is 0. The fourth-order valence-corrected chi connectivity index (χ4v) is 2.07. The van der Waals surface area contributed by atoms with E-state index < -0.39 is 11.9 Å². The molecule has 17 heavy (non-hydrogen) atoms. The van der Waals surface area contributed by atoms with Crippen molar-refractivity contribution in [3.8, 4) is 0 Å². The fourth-order valence-electron chi connectivity index (χ4n) is 2.07. The first-order valence-electron chi connectivity index (χ1n) is 5.97. The summed E-state index contributed by atoms with van der Waals surface area (Å²) in [7, 11) is 3.37. The highest BCUT2D eigenvalue weighted by Crippen LogP contribution is 2.13.